The number of benzene rings is 2. The standard InChI is InChI=1S/C23H28BrN3O4/c1-23(2,3)31-20(28)13-14-25-21(29)19(15-16-7-5-4-6-8-16)27-22(30)26-18-11-9-17(24)10-12-18/h4-12,19H,13-15H2,1-3H3,(H,25,29)(H2,26,27,30). The number of nitrogens with one attached hydrogen (secondary N) is 3. The van der Waals surface area contributed by atoms with Gasteiger partial charge < -0.3 is 20.7 Å². The summed E-state index contributed by atoms with van der Waals surface area (Å²) in [6.45, 7) is 5.48. The number of hydrogen-bond donors (Lipinski definition) is 3. The lowest BCUT2D eigenvalue weighted by molar-refractivity contribution is -0.154. The minimum atomic E-state index is -0.809. The molecule has 7 nitrogen and oxygen atoms in total. The molecule has 166 valence electrons. The van der Waals surface area contributed by atoms with Crippen molar-refractivity contribution in [2.45, 2.75) is 45.3 Å². The second-order valence-corrected chi connectivity index (χ2v) is 8.89. The molecule has 0 saturated carbocycles. The van der Waals surface area contributed by atoms with Crippen LogP contribution in [0.1, 0.15) is 32.8 Å². The van der Waals surface area contributed by atoms with E-state index in [1.54, 1.807) is 45.0 Å². The summed E-state index contributed by atoms with van der Waals surface area (Å²) >= 11 is 3.34. The molecule has 31 heavy (non-hydrogen) atoms. The number of halogens is 1. The third-order valence-corrected chi connectivity index (χ3v) is 4.58. The molecule has 8 heteroatoms. The lowest BCUT2D eigenvalue weighted by atomic mass is 10.1. The Morgan fingerprint density at radius 3 is 2.26 bits per heavy atom. The van der Waals surface area contributed by atoms with Gasteiger partial charge >= 0.3 is 12.0 Å². The monoisotopic (exact) mass is 489 g/mol. The molecule has 0 radical (unpaired) electrons. The van der Waals surface area contributed by atoms with Crippen LogP contribution in [0.4, 0.5) is 10.5 Å². The van der Waals surface area contributed by atoms with Crippen LogP contribution in [0, 0.1) is 0 Å². The van der Waals surface area contributed by atoms with Crippen molar-refractivity contribution >= 4 is 39.5 Å². The van der Waals surface area contributed by atoms with Crippen LogP contribution in [0.5, 0.6) is 0 Å². The van der Waals surface area contributed by atoms with Crippen molar-refractivity contribution in [3.05, 3.63) is 64.6 Å². The fraction of sp³-hybridized carbons (Fsp3) is 0.348. The van der Waals surface area contributed by atoms with Crippen molar-refractivity contribution < 1.29 is 19.1 Å². The number of ether oxygens (including phenoxy) is 1. The predicted molar refractivity (Wildman–Crippen MR) is 124 cm³/mol. The lowest BCUT2D eigenvalue weighted by Gasteiger charge is -2.21. The van der Waals surface area contributed by atoms with E-state index in [-0.39, 0.29) is 18.9 Å². The lowest BCUT2D eigenvalue weighted by Crippen LogP contribution is -2.49. The van der Waals surface area contributed by atoms with E-state index in [0.29, 0.717) is 12.1 Å². The molecular weight excluding hydrogens is 462 g/mol. The van der Waals surface area contributed by atoms with Gasteiger partial charge in [-0.15, -0.1) is 0 Å². The molecule has 0 spiro atoms. The maximum Gasteiger partial charge on any atom is 0.319 e. The van der Waals surface area contributed by atoms with E-state index in [1.807, 2.05) is 30.3 Å². The van der Waals surface area contributed by atoms with Crippen LogP contribution >= 0.6 is 15.9 Å². The van der Waals surface area contributed by atoms with E-state index in [0.717, 1.165) is 10.0 Å². The molecule has 0 saturated heterocycles. The number of amides is 3. The van der Waals surface area contributed by atoms with E-state index < -0.39 is 23.6 Å². The Labute approximate surface area is 191 Å². The number of rotatable bonds is 8. The largest absolute Gasteiger partial charge is 0.460 e. The third kappa shape index (κ3) is 9.65. The number of carbonyl (C=O) groups is 3. The highest BCUT2D eigenvalue weighted by Crippen LogP contribution is 2.14. The zero-order valence-corrected chi connectivity index (χ0v) is 19.5. The zero-order valence-electron chi connectivity index (χ0n) is 17.9. The summed E-state index contributed by atoms with van der Waals surface area (Å²) in [5.41, 5.74) is 0.923. The Morgan fingerprint density at radius 2 is 1.65 bits per heavy atom. The summed E-state index contributed by atoms with van der Waals surface area (Å²) in [5, 5.41) is 8.14. The highest BCUT2D eigenvalue weighted by Gasteiger charge is 2.22. The van der Waals surface area contributed by atoms with Gasteiger partial charge in [0.05, 0.1) is 6.42 Å². The van der Waals surface area contributed by atoms with Gasteiger partial charge in [-0.25, -0.2) is 4.79 Å². The van der Waals surface area contributed by atoms with Crippen LogP contribution in [0.2, 0.25) is 0 Å². The molecule has 2 aromatic rings. The van der Waals surface area contributed by atoms with Crippen molar-refractivity contribution in [2.24, 2.45) is 0 Å². The Balaban J connectivity index is 1.96. The highest BCUT2D eigenvalue weighted by atomic mass is 79.9. The van der Waals surface area contributed by atoms with Crippen LogP contribution in [-0.4, -0.2) is 36.1 Å². The number of anilines is 1. The summed E-state index contributed by atoms with van der Waals surface area (Å²) in [7, 11) is 0. The molecule has 0 bridgehead atoms. The Bertz CT molecular complexity index is 880. The summed E-state index contributed by atoms with van der Waals surface area (Å²) in [5.74, 6) is -0.772. The second-order valence-electron chi connectivity index (χ2n) is 7.98. The van der Waals surface area contributed by atoms with Crippen LogP contribution in [0.25, 0.3) is 0 Å². The first-order chi connectivity index (χ1) is 14.6. The number of esters is 1. The van der Waals surface area contributed by atoms with Gasteiger partial charge in [0.1, 0.15) is 11.6 Å². The van der Waals surface area contributed by atoms with Gasteiger partial charge in [-0.05, 0) is 50.6 Å². The van der Waals surface area contributed by atoms with Gasteiger partial charge in [0, 0.05) is 23.1 Å². The summed E-state index contributed by atoms with van der Waals surface area (Å²) in [6, 6.07) is 15.2. The molecule has 2 rings (SSSR count). The van der Waals surface area contributed by atoms with E-state index in [1.165, 1.54) is 0 Å². The molecule has 2 aromatic carbocycles. The SMILES string of the molecule is CC(C)(C)OC(=O)CCNC(=O)C(Cc1ccccc1)NC(=O)Nc1ccc(Br)cc1. The molecule has 3 N–H and O–H groups in total. The minimum absolute atomic E-state index is 0.0478. The summed E-state index contributed by atoms with van der Waals surface area (Å²) in [6.07, 6.45) is 0.360. The van der Waals surface area contributed by atoms with E-state index in [2.05, 4.69) is 31.9 Å². The summed E-state index contributed by atoms with van der Waals surface area (Å²) < 4.78 is 6.13. The van der Waals surface area contributed by atoms with E-state index in [4.69, 9.17) is 4.74 Å². The van der Waals surface area contributed by atoms with Gasteiger partial charge in [0.25, 0.3) is 0 Å². The summed E-state index contributed by atoms with van der Waals surface area (Å²) in [4.78, 5) is 37.0. The number of urea groups is 1. The number of hydrogen-bond acceptors (Lipinski definition) is 4. The maximum atomic E-state index is 12.7. The van der Waals surface area contributed by atoms with Crippen LogP contribution in [0.3, 0.4) is 0 Å². The minimum Gasteiger partial charge on any atom is -0.460 e. The predicted octanol–water partition coefficient (Wildman–Crippen LogP) is 4.03. The van der Waals surface area contributed by atoms with Gasteiger partial charge in [0.2, 0.25) is 5.91 Å². The van der Waals surface area contributed by atoms with Crippen molar-refractivity contribution in [1.29, 1.82) is 0 Å². The molecule has 3 amide bonds. The normalized spacial score (nSPS) is 11.9. The molecule has 1 atom stereocenters. The molecule has 0 aliphatic rings. The molecule has 0 heterocycles. The quantitative estimate of drug-likeness (QED) is 0.487. The fourth-order valence-electron chi connectivity index (χ4n) is 2.72. The average Bonchev–Trinajstić information content (AvgIpc) is 2.68. The maximum absolute atomic E-state index is 12.7. The van der Waals surface area contributed by atoms with Gasteiger partial charge in [-0.3, -0.25) is 9.59 Å². The van der Waals surface area contributed by atoms with Gasteiger partial charge in [0.15, 0.2) is 0 Å². The molecule has 0 aliphatic heterocycles. The highest BCUT2D eigenvalue weighted by molar-refractivity contribution is 9.10. The molecule has 0 aromatic heterocycles. The van der Waals surface area contributed by atoms with Crippen LogP contribution in [-0.2, 0) is 20.7 Å². The topological polar surface area (TPSA) is 96.5 Å². The van der Waals surface area contributed by atoms with Crippen LogP contribution < -0.4 is 16.0 Å². The Morgan fingerprint density at radius 1 is 1.00 bits per heavy atom. The number of carbonyl (C=O) groups excluding carboxylic acids is 3. The van der Waals surface area contributed by atoms with Gasteiger partial charge in [-0.1, -0.05) is 46.3 Å². The molecule has 0 aliphatic carbocycles. The Hall–Kier alpha value is -2.87. The van der Waals surface area contributed by atoms with E-state index >= 15 is 0 Å². The smallest absolute Gasteiger partial charge is 0.319 e. The zero-order chi connectivity index (χ0) is 22.9. The van der Waals surface area contributed by atoms with Crippen molar-refractivity contribution in [2.75, 3.05) is 11.9 Å². The molecule has 0 fully saturated rings. The second kappa shape index (κ2) is 11.5. The van der Waals surface area contributed by atoms with Crippen molar-refractivity contribution in [3.63, 3.8) is 0 Å². The molecule has 1 unspecified atom stereocenters. The third-order valence-electron chi connectivity index (χ3n) is 4.05. The van der Waals surface area contributed by atoms with Crippen LogP contribution in [0.15, 0.2) is 59.1 Å². The van der Waals surface area contributed by atoms with Crippen molar-refractivity contribution in [3.8, 4) is 0 Å². The van der Waals surface area contributed by atoms with Crippen molar-refractivity contribution in [1.82, 2.24) is 10.6 Å². The Kier molecular flexibility index (Phi) is 9.05. The first-order valence-corrected chi connectivity index (χ1v) is 10.8. The van der Waals surface area contributed by atoms with Gasteiger partial charge in [-0.2, -0.15) is 0 Å². The molecular formula is C23H28BrN3O4. The first kappa shape index (κ1) is 24.4. The fourth-order valence-corrected chi connectivity index (χ4v) is 2.99. The first-order valence-electron chi connectivity index (χ1n) is 9.99. The average molecular weight is 490 g/mol. The van der Waals surface area contributed by atoms with E-state index in [9.17, 15) is 14.4 Å².